The summed E-state index contributed by atoms with van der Waals surface area (Å²) < 4.78 is 0. The highest BCUT2D eigenvalue weighted by Crippen LogP contribution is 2.22. The van der Waals surface area contributed by atoms with E-state index in [4.69, 9.17) is 5.84 Å². The number of nitrogens with zero attached hydrogens (tertiary/aromatic N) is 1. The van der Waals surface area contributed by atoms with Crippen molar-refractivity contribution in [2.45, 2.75) is 32.2 Å². The second-order valence-electron chi connectivity index (χ2n) is 4.45. The predicted molar refractivity (Wildman–Crippen MR) is 73.8 cm³/mol. The van der Waals surface area contributed by atoms with Gasteiger partial charge < -0.3 is 5.01 Å². The maximum atomic E-state index is 6.19. The molecule has 90 valence electrons. The van der Waals surface area contributed by atoms with E-state index >= 15 is 0 Å². The third kappa shape index (κ3) is 2.98. The summed E-state index contributed by atoms with van der Waals surface area (Å²) in [5.41, 5.74) is 2.46. The number of hydrogen-bond acceptors (Lipinski definition) is 2. The van der Waals surface area contributed by atoms with E-state index < -0.39 is 0 Å². The molecule has 0 aliphatic carbocycles. The highest BCUT2D eigenvalue weighted by Gasteiger charge is 2.11. The largest absolute Gasteiger partial charge is 0.304 e. The van der Waals surface area contributed by atoms with Crippen molar-refractivity contribution in [1.29, 1.82) is 0 Å². The minimum absolute atomic E-state index is 0.225. The molecule has 17 heavy (non-hydrogen) atoms. The summed E-state index contributed by atoms with van der Waals surface area (Å²) in [4.78, 5) is 0. The standard InChI is InChI=1S/C15H20N2/c1-13-9-5-3-2-4-6-10-14-11-7-8-12-15(14)17(13)16/h2,4-5,7-9,11-13H,3,6,10,16H2,1H3/b4-2+,9-5-. The molecule has 0 fully saturated rings. The number of hydrogen-bond donors (Lipinski definition) is 1. The molecule has 1 aromatic carbocycles. The highest BCUT2D eigenvalue weighted by atomic mass is 15.4. The van der Waals surface area contributed by atoms with Gasteiger partial charge >= 0.3 is 0 Å². The van der Waals surface area contributed by atoms with Crippen LogP contribution in [0.2, 0.25) is 0 Å². The third-order valence-electron chi connectivity index (χ3n) is 3.14. The molecule has 0 aromatic heterocycles. The summed E-state index contributed by atoms with van der Waals surface area (Å²) >= 11 is 0. The minimum atomic E-state index is 0.225. The van der Waals surface area contributed by atoms with Gasteiger partial charge in [0, 0.05) is 0 Å². The molecule has 0 bridgehead atoms. The molecule has 1 aromatic rings. The van der Waals surface area contributed by atoms with Crippen LogP contribution >= 0.6 is 0 Å². The van der Waals surface area contributed by atoms with Crippen LogP contribution in [0.1, 0.15) is 25.3 Å². The van der Waals surface area contributed by atoms with Crippen molar-refractivity contribution in [3.63, 3.8) is 0 Å². The molecular formula is C15H20N2. The average Bonchev–Trinajstić information content (AvgIpc) is 2.39. The average molecular weight is 228 g/mol. The number of anilines is 1. The first-order valence-corrected chi connectivity index (χ1v) is 6.22. The molecule has 2 nitrogen and oxygen atoms in total. The molecule has 1 unspecified atom stereocenters. The van der Waals surface area contributed by atoms with Gasteiger partial charge in [-0.2, -0.15) is 0 Å². The Labute approximate surface area is 103 Å². The van der Waals surface area contributed by atoms with Crippen molar-refractivity contribution in [1.82, 2.24) is 0 Å². The van der Waals surface area contributed by atoms with E-state index in [0.717, 1.165) is 24.9 Å². The van der Waals surface area contributed by atoms with E-state index in [1.54, 1.807) is 0 Å². The Morgan fingerprint density at radius 3 is 2.88 bits per heavy atom. The summed E-state index contributed by atoms with van der Waals surface area (Å²) in [6, 6.07) is 8.61. The SMILES string of the molecule is CC1/C=C\C/C=C/CCc2ccccc2N1N. The zero-order valence-electron chi connectivity index (χ0n) is 10.3. The molecule has 0 amide bonds. The fourth-order valence-corrected chi connectivity index (χ4v) is 2.09. The van der Waals surface area contributed by atoms with Gasteiger partial charge in [-0.15, -0.1) is 0 Å². The molecule has 2 N–H and O–H groups in total. The van der Waals surface area contributed by atoms with Crippen molar-refractivity contribution in [2.75, 3.05) is 5.01 Å². The normalized spacial score (nSPS) is 24.6. The molecule has 1 heterocycles. The smallest absolute Gasteiger partial charge is 0.0604 e. The molecule has 1 atom stereocenters. The van der Waals surface area contributed by atoms with E-state index in [9.17, 15) is 0 Å². The van der Waals surface area contributed by atoms with Crippen LogP contribution in [-0.4, -0.2) is 6.04 Å². The lowest BCUT2D eigenvalue weighted by molar-refractivity contribution is 0.761. The zero-order valence-corrected chi connectivity index (χ0v) is 10.3. The fourth-order valence-electron chi connectivity index (χ4n) is 2.09. The van der Waals surface area contributed by atoms with Crippen LogP contribution in [0.3, 0.4) is 0 Å². The summed E-state index contributed by atoms with van der Waals surface area (Å²) in [6.07, 6.45) is 11.9. The van der Waals surface area contributed by atoms with Crippen LogP contribution in [0.15, 0.2) is 48.6 Å². The number of aryl methyl sites for hydroxylation is 1. The van der Waals surface area contributed by atoms with E-state index in [1.165, 1.54) is 5.56 Å². The third-order valence-corrected chi connectivity index (χ3v) is 3.14. The van der Waals surface area contributed by atoms with Gasteiger partial charge in [-0.25, -0.2) is 5.84 Å². The number of allylic oxidation sites excluding steroid dienone is 3. The van der Waals surface area contributed by atoms with Gasteiger partial charge in [-0.05, 0) is 37.8 Å². The zero-order chi connectivity index (χ0) is 12.1. The number of hydrazine groups is 1. The highest BCUT2D eigenvalue weighted by molar-refractivity contribution is 5.54. The Morgan fingerprint density at radius 2 is 2.00 bits per heavy atom. The molecule has 2 heteroatoms. The van der Waals surface area contributed by atoms with Gasteiger partial charge in [-0.1, -0.05) is 42.5 Å². The molecule has 1 aliphatic heterocycles. The summed E-state index contributed by atoms with van der Waals surface area (Å²) in [5, 5.41) is 1.86. The quantitative estimate of drug-likeness (QED) is 0.546. The Kier molecular flexibility index (Phi) is 3.99. The van der Waals surface area contributed by atoms with Crippen molar-refractivity contribution in [3.8, 4) is 0 Å². The van der Waals surface area contributed by atoms with Crippen molar-refractivity contribution in [2.24, 2.45) is 5.84 Å². The summed E-state index contributed by atoms with van der Waals surface area (Å²) in [6.45, 7) is 2.12. The van der Waals surface area contributed by atoms with Crippen LogP contribution in [0.4, 0.5) is 5.69 Å². The van der Waals surface area contributed by atoms with Gasteiger partial charge in [0.2, 0.25) is 0 Å². The molecule has 1 aliphatic rings. The molecule has 0 spiro atoms. The lowest BCUT2D eigenvalue weighted by atomic mass is 10.1. The summed E-state index contributed by atoms with van der Waals surface area (Å²) in [7, 11) is 0. The van der Waals surface area contributed by atoms with Crippen molar-refractivity contribution in [3.05, 3.63) is 54.1 Å². The van der Waals surface area contributed by atoms with Gasteiger partial charge in [0.25, 0.3) is 0 Å². The van der Waals surface area contributed by atoms with Crippen molar-refractivity contribution >= 4 is 5.69 Å². The second-order valence-corrected chi connectivity index (χ2v) is 4.45. The Hall–Kier alpha value is -1.54. The predicted octanol–water partition coefficient (Wildman–Crippen LogP) is 3.20. The molecule has 2 rings (SSSR count). The molecule has 0 saturated carbocycles. The van der Waals surface area contributed by atoms with Crippen LogP contribution in [0.25, 0.3) is 0 Å². The van der Waals surface area contributed by atoms with E-state index in [-0.39, 0.29) is 6.04 Å². The first-order valence-electron chi connectivity index (χ1n) is 6.22. The van der Waals surface area contributed by atoms with Crippen LogP contribution in [0.5, 0.6) is 0 Å². The second kappa shape index (κ2) is 5.69. The van der Waals surface area contributed by atoms with E-state index in [0.29, 0.717) is 0 Å². The lowest BCUT2D eigenvalue weighted by Gasteiger charge is -2.26. The van der Waals surface area contributed by atoms with Gasteiger partial charge in [0.1, 0.15) is 0 Å². The van der Waals surface area contributed by atoms with Gasteiger partial charge in [-0.3, -0.25) is 0 Å². The van der Waals surface area contributed by atoms with Crippen LogP contribution in [0, 0.1) is 0 Å². The maximum absolute atomic E-state index is 6.19. The number of nitrogens with two attached hydrogens (primary N) is 1. The number of benzene rings is 1. The van der Waals surface area contributed by atoms with Gasteiger partial charge in [0.05, 0.1) is 11.7 Å². The van der Waals surface area contributed by atoms with E-state index in [1.807, 2.05) is 11.1 Å². The fraction of sp³-hybridized carbons (Fsp3) is 0.333. The molecule has 0 saturated heterocycles. The first kappa shape index (κ1) is 11.9. The number of para-hydroxylation sites is 1. The first-order chi connectivity index (χ1) is 8.29. The Bertz CT molecular complexity index is 421. The van der Waals surface area contributed by atoms with Crippen LogP contribution in [-0.2, 0) is 6.42 Å². The van der Waals surface area contributed by atoms with E-state index in [2.05, 4.69) is 49.4 Å². The number of rotatable bonds is 0. The van der Waals surface area contributed by atoms with Gasteiger partial charge in [0.15, 0.2) is 0 Å². The summed E-state index contributed by atoms with van der Waals surface area (Å²) in [5.74, 6) is 6.19. The molecule has 0 radical (unpaired) electrons. The lowest BCUT2D eigenvalue weighted by Crippen LogP contribution is -2.38. The maximum Gasteiger partial charge on any atom is 0.0604 e. The topological polar surface area (TPSA) is 29.3 Å². The number of fused-ring (bicyclic) bond motifs is 1. The van der Waals surface area contributed by atoms with Crippen LogP contribution < -0.4 is 10.9 Å². The Morgan fingerprint density at radius 1 is 1.18 bits per heavy atom. The van der Waals surface area contributed by atoms with Crippen molar-refractivity contribution < 1.29 is 0 Å². The minimum Gasteiger partial charge on any atom is -0.304 e. The monoisotopic (exact) mass is 228 g/mol. The Balaban J connectivity index is 2.33. The molecular weight excluding hydrogens is 208 g/mol.